The van der Waals surface area contributed by atoms with Crippen LogP contribution in [0.4, 0.5) is 4.39 Å². The molecule has 2 nitrogen and oxygen atoms in total. The third-order valence-electron chi connectivity index (χ3n) is 2.34. The minimum Gasteiger partial charge on any atom is -0.485 e. The number of halogens is 2. The number of hydrogen-bond donors (Lipinski definition) is 0. The molecule has 0 aliphatic heterocycles. The third-order valence-corrected chi connectivity index (χ3v) is 3.54. The summed E-state index contributed by atoms with van der Waals surface area (Å²) in [5.74, 6) is -0.583. The Morgan fingerprint density at radius 3 is 2.72 bits per heavy atom. The van der Waals surface area contributed by atoms with E-state index in [0.29, 0.717) is 9.90 Å². The summed E-state index contributed by atoms with van der Waals surface area (Å²) in [6, 6.07) is 7.78. The molecule has 1 heterocycles. The van der Waals surface area contributed by atoms with Crippen molar-refractivity contribution in [3.8, 4) is 5.75 Å². The molecule has 0 bridgehead atoms. The van der Waals surface area contributed by atoms with Crippen molar-refractivity contribution in [1.82, 2.24) is 0 Å². The Labute approximate surface area is 113 Å². The molecule has 94 valence electrons. The lowest BCUT2D eigenvalue weighted by atomic mass is 10.1. The predicted molar refractivity (Wildman–Crippen MR) is 70.1 cm³/mol. The first-order valence-corrected chi connectivity index (χ1v) is 6.43. The fourth-order valence-electron chi connectivity index (χ4n) is 1.42. The quantitative estimate of drug-likeness (QED) is 0.782. The summed E-state index contributed by atoms with van der Waals surface area (Å²) in [6.45, 7) is 1.65. The highest BCUT2D eigenvalue weighted by Gasteiger charge is 2.08. The molecule has 0 radical (unpaired) electrons. The van der Waals surface area contributed by atoms with Crippen LogP contribution in [0.1, 0.15) is 22.2 Å². The summed E-state index contributed by atoms with van der Waals surface area (Å²) >= 11 is 7.17. The summed E-state index contributed by atoms with van der Waals surface area (Å²) in [4.78, 5) is 12.0. The maximum atomic E-state index is 13.6. The van der Waals surface area contributed by atoms with E-state index in [4.69, 9.17) is 16.3 Å². The topological polar surface area (TPSA) is 26.3 Å². The van der Waals surface area contributed by atoms with Gasteiger partial charge in [-0.25, -0.2) is 4.39 Å². The van der Waals surface area contributed by atoms with Crippen LogP contribution >= 0.6 is 22.9 Å². The van der Waals surface area contributed by atoms with Gasteiger partial charge in [0.05, 0.1) is 4.34 Å². The average molecular weight is 285 g/mol. The lowest BCUT2D eigenvalue weighted by Crippen LogP contribution is -1.98. The summed E-state index contributed by atoms with van der Waals surface area (Å²) in [7, 11) is 0. The van der Waals surface area contributed by atoms with Crippen LogP contribution in [0.2, 0.25) is 4.34 Å². The van der Waals surface area contributed by atoms with Crippen LogP contribution in [-0.2, 0) is 6.61 Å². The minimum atomic E-state index is -0.537. The maximum absolute atomic E-state index is 13.6. The fourth-order valence-corrected chi connectivity index (χ4v) is 2.42. The monoisotopic (exact) mass is 284 g/mol. The Morgan fingerprint density at radius 1 is 1.39 bits per heavy atom. The number of carbonyl (C=O) groups is 1. The zero-order chi connectivity index (χ0) is 13.1. The summed E-state index contributed by atoms with van der Waals surface area (Å²) in [5, 5.41) is 0. The van der Waals surface area contributed by atoms with Crippen LogP contribution in [-0.4, -0.2) is 5.78 Å². The van der Waals surface area contributed by atoms with Crippen molar-refractivity contribution in [3.63, 3.8) is 0 Å². The smallest absolute Gasteiger partial charge is 0.165 e. The predicted octanol–water partition coefficient (Wildman–Crippen LogP) is 4.32. The van der Waals surface area contributed by atoms with Gasteiger partial charge in [-0.2, -0.15) is 0 Å². The number of thiophene rings is 1. The molecule has 0 unspecified atom stereocenters. The second-order valence-corrected chi connectivity index (χ2v) is 5.50. The molecule has 0 aliphatic carbocycles. The Kier molecular flexibility index (Phi) is 3.99. The van der Waals surface area contributed by atoms with E-state index >= 15 is 0 Å². The molecule has 1 aromatic carbocycles. The van der Waals surface area contributed by atoms with Gasteiger partial charge in [0.2, 0.25) is 0 Å². The van der Waals surface area contributed by atoms with E-state index in [0.717, 1.165) is 4.88 Å². The maximum Gasteiger partial charge on any atom is 0.165 e. The molecule has 0 fully saturated rings. The molecule has 0 N–H and O–H groups in total. The Hall–Kier alpha value is -1.39. The van der Waals surface area contributed by atoms with Crippen LogP contribution in [0.3, 0.4) is 0 Å². The van der Waals surface area contributed by atoms with Crippen LogP contribution in [0, 0.1) is 5.82 Å². The molecule has 0 saturated heterocycles. The van der Waals surface area contributed by atoms with Gasteiger partial charge in [-0.1, -0.05) is 11.6 Å². The van der Waals surface area contributed by atoms with Gasteiger partial charge >= 0.3 is 0 Å². The number of rotatable bonds is 4. The van der Waals surface area contributed by atoms with E-state index in [-0.39, 0.29) is 18.1 Å². The van der Waals surface area contributed by atoms with Crippen molar-refractivity contribution in [1.29, 1.82) is 0 Å². The molecule has 2 rings (SSSR count). The lowest BCUT2D eigenvalue weighted by molar-refractivity contribution is 0.101. The first-order chi connectivity index (χ1) is 8.56. The van der Waals surface area contributed by atoms with Gasteiger partial charge in [0.25, 0.3) is 0 Å². The number of benzene rings is 1. The van der Waals surface area contributed by atoms with Crippen LogP contribution in [0.15, 0.2) is 30.3 Å². The van der Waals surface area contributed by atoms with Gasteiger partial charge in [-0.15, -0.1) is 11.3 Å². The normalized spacial score (nSPS) is 10.4. The molecule has 1 aromatic heterocycles. The van der Waals surface area contributed by atoms with Crippen molar-refractivity contribution in [2.75, 3.05) is 0 Å². The number of carbonyl (C=O) groups excluding carboxylic acids is 1. The van der Waals surface area contributed by atoms with Crippen molar-refractivity contribution in [2.45, 2.75) is 13.5 Å². The number of ether oxygens (including phenoxy) is 1. The van der Waals surface area contributed by atoms with Gasteiger partial charge in [-0.3, -0.25) is 4.79 Å². The van der Waals surface area contributed by atoms with Crippen LogP contribution in [0.25, 0.3) is 0 Å². The number of hydrogen-bond acceptors (Lipinski definition) is 3. The SMILES string of the molecule is CC(=O)c1ccc(OCc2ccc(Cl)s2)c(F)c1. The number of Topliss-reactive ketones (excluding diaryl/α,β-unsaturated/α-hetero) is 1. The average Bonchev–Trinajstić information content (AvgIpc) is 2.73. The molecular formula is C13H10ClFO2S. The highest BCUT2D eigenvalue weighted by Crippen LogP contribution is 2.24. The summed E-state index contributed by atoms with van der Waals surface area (Å²) in [6.07, 6.45) is 0. The van der Waals surface area contributed by atoms with Gasteiger partial charge in [0.15, 0.2) is 17.3 Å². The first kappa shape index (κ1) is 13.1. The zero-order valence-electron chi connectivity index (χ0n) is 9.57. The van der Waals surface area contributed by atoms with E-state index in [1.807, 2.05) is 6.07 Å². The van der Waals surface area contributed by atoms with Gasteiger partial charge in [0, 0.05) is 10.4 Å². The Morgan fingerprint density at radius 2 is 2.17 bits per heavy atom. The van der Waals surface area contributed by atoms with E-state index in [9.17, 15) is 9.18 Å². The molecule has 18 heavy (non-hydrogen) atoms. The molecule has 0 saturated carbocycles. The molecule has 0 spiro atoms. The second-order valence-electron chi connectivity index (χ2n) is 3.70. The third kappa shape index (κ3) is 3.09. The molecule has 5 heteroatoms. The van der Waals surface area contributed by atoms with Gasteiger partial charge in [-0.05, 0) is 37.3 Å². The van der Waals surface area contributed by atoms with Crippen molar-refractivity contribution >= 4 is 28.7 Å². The minimum absolute atomic E-state index is 0.129. The van der Waals surface area contributed by atoms with Crippen LogP contribution < -0.4 is 4.74 Å². The molecule has 0 atom stereocenters. The van der Waals surface area contributed by atoms with Crippen molar-refractivity contribution < 1.29 is 13.9 Å². The molecular weight excluding hydrogens is 275 g/mol. The fraction of sp³-hybridized carbons (Fsp3) is 0.154. The lowest BCUT2D eigenvalue weighted by Gasteiger charge is -2.06. The molecule has 2 aromatic rings. The first-order valence-electron chi connectivity index (χ1n) is 5.24. The van der Waals surface area contributed by atoms with Gasteiger partial charge < -0.3 is 4.74 Å². The largest absolute Gasteiger partial charge is 0.485 e. The molecule has 0 amide bonds. The zero-order valence-corrected chi connectivity index (χ0v) is 11.1. The highest BCUT2D eigenvalue weighted by molar-refractivity contribution is 7.16. The van der Waals surface area contributed by atoms with Crippen molar-refractivity contribution in [2.24, 2.45) is 0 Å². The Bertz CT molecular complexity index is 580. The second kappa shape index (κ2) is 5.50. The van der Waals surface area contributed by atoms with E-state index in [1.165, 1.54) is 30.4 Å². The summed E-state index contributed by atoms with van der Waals surface area (Å²) < 4.78 is 19.6. The van der Waals surface area contributed by atoms with E-state index in [1.54, 1.807) is 12.1 Å². The number of ketones is 1. The van der Waals surface area contributed by atoms with Crippen LogP contribution in [0.5, 0.6) is 5.75 Å². The summed E-state index contributed by atoms with van der Waals surface area (Å²) in [5.41, 5.74) is 0.332. The van der Waals surface area contributed by atoms with E-state index in [2.05, 4.69) is 0 Å². The van der Waals surface area contributed by atoms with Crippen molar-refractivity contribution in [3.05, 3.63) is 50.9 Å². The van der Waals surface area contributed by atoms with Gasteiger partial charge in [0.1, 0.15) is 6.61 Å². The highest BCUT2D eigenvalue weighted by atomic mass is 35.5. The Balaban J connectivity index is 2.08. The van der Waals surface area contributed by atoms with E-state index < -0.39 is 5.82 Å². The molecule has 0 aliphatic rings. The standard InChI is InChI=1S/C13H10ClFO2S/c1-8(16)9-2-4-12(11(15)6-9)17-7-10-3-5-13(14)18-10/h2-6H,7H2,1H3.